The van der Waals surface area contributed by atoms with Gasteiger partial charge in [0.1, 0.15) is 0 Å². The molecule has 0 saturated carbocycles. The number of nitrogens with zero attached hydrogens (tertiary/aromatic N) is 1. The molecule has 6 nitrogen and oxygen atoms in total. The normalized spacial score (nSPS) is 11.7. The molecule has 0 aliphatic carbocycles. The van der Waals surface area contributed by atoms with Gasteiger partial charge in [-0.2, -0.15) is 4.31 Å². The van der Waals surface area contributed by atoms with E-state index in [0.29, 0.717) is 36.6 Å². The number of carbonyl (C=O) groups excluding carboxylic acids is 1. The second kappa shape index (κ2) is 8.93. The SMILES string of the molecule is CCN(CC)S(=O)(=O)c1ccc(CNCc2cccc(C(N)=O)c2)cc1. The molecule has 0 unspecified atom stereocenters. The molecule has 0 spiro atoms. The van der Waals surface area contributed by atoms with E-state index in [1.54, 1.807) is 30.3 Å². The fourth-order valence-electron chi connectivity index (χ4n) is 2.68. The number of primary amides is 1. The van der Waals surface area contributed by atoms with Crippen molar-refractivity contribution in [3.05, 3.63) is 65.2 Å². The number of sulfonamides is 1. The molecule has 0 aliphatic heterocycles. The second-order valence-corrected chi connectivity index (χ2v) is 7.84. The van der Waals surface area contributed by atoms with Crippen LogP contribution in [0.3, 0.4) is 0 Å². The Bertz CT molecular complexity index is 845. The topological polar surface area (TPSA) is 92.5 Å². The fourth-order valence-corrected chi connectivity index (χ4v) is 4.14. The maximum Gasteiger partial charge on any atom is 0.248 e. The Hall–Kier alpha value is -2.22. The fraction of sp³-hybridized carbons (Fsp3) is 0.316. The molecule has 2 aromatic rings. The minimum atomic E-state index is -3.43. The number of nitrogens with two attached hydrogens (primary N) is 1. The number of hydrogen-bond donors (Lipinski definition) is 2. The molecule has 2 aromatic carbocycles. The molecule has 7 heteroatoms. The predicted octanol–water partition coefficient (Wildman–Crippen LogP) is 2.11. The highest BCUT2D eigenvalue weighted by Crippen LogP contribution is 2.16. The van der Waals surface area contributed by atoms with Crippen molar-refractivity contribution >= 4 is 15.9 Å². The molecule has 3 N–H and O–H groups in total. The number of rotatable bonds is 9. The summed E-state index contributed by atoms with van der Waals surface area (Å²) in [5.74, 6) is -0.447. The summed E-state index contributed by atoms with van der Waals surface area (Å²) in [4.78, 5) is 11.5. The van der Waals surface area contributed by atoms with Gasteiger partial charge in [-0.25, -0.2) is 8.42 Å². The van der Waals surface area contributed by atoms with Gasteiger partial charge in [-0.3, -0.25) is 4.79 Å². The van der Waals surface area contributed by atoms with Crippen molar-refractivity contribution in [3.63, 3.8) is 0 Å². The van der Waals surface area contributed by atoms with Gasteiger partial charge in [-0.15, -0.1) is 0 Å². The average molecular weight is 375 g/mol. The van der Waals surface area contributed by atoms with Crippen LogP contribution in [0.4, 0.5) is 0 Å². The van der Waals surface area contributed by atoms with E-state index in [1.165, 1.54) is 4.31 Å². The molecule has 0 aromatic heterocycles. The first-order valence-corrected chi connectivity index (χ1v) is 10.0. The highest BCUT2D eigenvalue weighted by molar-refractivity contribution is 7.89. The second-order valence-electron chi connectivity index (χ2n) is 5.90. The lowest BCUT2D eigenvalue weighted by molar-refractivity contribution is 0.1000. The van der Waals surface area contributed by atoms with Gasteiger partial charge in [0, 0.05) is 31.7 Å². The molecule has 0 bridgehead atoms. The molecule has 0 fully saturated rings. The van der Waals surface area contributed by atoms with E-state index in [4.69, 9.17) is 5.73 Å². The van der Waals surface area contributed by atoms with E-state index in [-0.39, 0.29) is 0 Å². The summed E-state index contributed by atoms with van der Waals surface area (Å²) >= 11 is 0. The third-order valence-electron chi connectivity index (χ3n) is 4.14. The number of nitrogens with one attached hydrogen (secondary N) is 1. The summed E-state index contributed by atoms with van der Waals surface area (Å²) < 4.78 is 26.4. The first kappa shape index (κ1) is 20.1. The molecular weight excluding hydrogens is 350 g/mol. The Morgan fingerprint density at radius 3 is 2.19 bits per heavy atom. The van der Waals surface area contributed by atoms with Gasteiger partial charge >= 0.3 is 0 Å². The molecule has 140 valence electrons. The van der Waals surface area contributed by atoms with Crippen molar-refractivity contribution in [1.82, 2.24) is 9.62 Å². The molecule has 0 heterocycles. The van der Waals surface area contributed by atoms with Crippen molar-refractivity contribution < 1.29 is 13.2 Å². The van der Waals surface area contributed by atoms with Crippen LogP contribution in [0, 0.1) is 0 Å². The van der Waals surface area contributed by atoms with Gasteiger partial charge in [0.15, 0.2) is 0 Å². The summed E-state index contributed by atoms with van der Waals surface area (Å²) in [7, 11) is -3.43. The van der Waals surface area contributed by atoms with Gasteiger partial charge in [0.25, 0.3) is 0 Å². The highest BCUT2D eigenvalue weighted by Gasteiger charge is 2.20. The smallest absolute Gasteiger partial charge is 0.248 e. The van der Waals surface area contributed by atoms with Crippen molar-refractivity contribution in [2.45, 2.75) is 31.8 Å². The van der Waals surface area contributed by atoms with E-state index in [2.05, 4.69) is 5.32 Å². The summed E-state index contributed by atoms with van der Waals surface area (Å²) in [6.07, 6.45) is 0. The number of carbonyl (C=O) groups is 1. The molecular formula is C19H25N3O3S. The van der Waals surface area contributed by atoms with Crippen LogP contribution in [0.2, 0.25) is 0 Å². The highest BCUT2D eigenvalue weighted by atomic mass is 32.2. The van der Waals surface area contributed by atoms with E-state index in [9.17, 15) is 13.2 Å². The first-order valence-electron chi connectivity index (χ1n) is 8.57. The molecule has 0 saturated heterocycles. The summed E-state index contributed by atoms with van der Waals surface area (Å²) in [5.41, 5.74) is 7.70. The third kappa shape index (κ3) is 4.91. The zero-order valence-electron chi connectivity index (χ0n) is 15.1. The van der Waals surface area contributed by atoms with Crippen LogP contribution in [-0.4, -0.2) is 31.7 Å². The maximum absolute atomic E-state index is 12.5. The zero-order valence-corrected chi connectivity index (χ0v) is 15.9. The molecule has 1 amide bonds. The van der Waals surface area contributed by atoms with Gasteiger partial charge in [-0.05, 0) is 35.4 Å². The van der Waals surface area contributed by atoms with E-state index in [0.717, 1.165) is 11.1 Å². The Morgan fingerprint density at radius 1 is 1.00 bits per heavy atom. The van der Waals surface area contributed by atoms with Gasteiger partial charge in [0.2, 0.25) is 15.9 Å². The minimum absolute atomic E-state index is 0.305. The molecule has 0 atom stereocenters. The zero-order chi connectivity index (χ0) is 19.2. The standard InChI is InChI=1S/C19H25N3O3S/c1-3-22(4-2)26(24,25)18-10-8-15(9-11-18)13-21-14-16-6-5-7-17(12-16)19(20)23/h5-12,21H,3-4,13-14H2,1-2H3,(H2,20,23). The molecule has 2 rings (SSSR count). The quantitative estimate of drug-likeness (QED) is 0.702. The number of amides is 1. The predicted molar refractivity (Wildman–Crippen MR) is 102 cm³/mol. The lowest BCUT2D eigenvalue weighted by Gasteiger charge is -2.18. The number of hydrogen-bond acceptors (Lipinski definition) is 4. The van der Waals surface area contributed by atoms with Gasteiger partial charge in [-0.1, -0.05) is 38.1 Å². The van der Waals surface area contributed by atoms with Crippen molar-refractivity contribution in [2.75, 3.05) is 13.1 Å². The first-order chi connectivity index (χ1) is 12.4. The lowest BCUT2D eigenvalue weighted by Crippen LogP contribution is -2.30. The monoisotopic (exact) mass is 375 g/mol. The van der Waals surface area contributed by atoms with E-state index >= 15 is 0 Å². The van der Waals surface area contributed by atoms with E-state index < -0.39 is 15.9 Å². The minimum Gasteiger partial charge on any atom is -0.366 e. The van der Waals surface area contributed by atoms with Crippen LogP contribution < -0.4 is 11.1 Å². The average Bonchev–Trinajstić information content (AvgIpc) is 2.63. The Kier molecular flexibility index (Phi) is 6.90. The van der Waals surface area contributed by atoms with Crippen LogP contribution in [0.15, 0.2) is 53.4 Å². The third-order valence-corrected chi connectivity index (χ3v) is 6.20. The largest absolute Gasteiger partial charge is 0.366 e. The number of benzene rings is 2. The molecule has 0 radical (unpaired) electrons. The molecule has 0 aliphatic rings. The van der Waals surface area contributed by atoms with Crippen molar-refractivity contribution in [2.24, 2.45) is 5.73 Å². The maximum atomic E-state index is 12.5. The van der Waals surface area contributed by atoms with E-state index in [1.807, 2.05) is 32.0 Å². The van der Waals surface area contributed by atoms with Crippen molar-refractivity contribution in [3.8, 4) is 0 Å². The van der Waals surface area contributed by atoms with Crippen LogP contribution >= 0.6 is 0 Å². The lowest BCUT2D eigenvalue weighted by atomic mass is 10.1. The van der Waals surface area contributed by atoms with Gasteiger partial charge < -0.3 is 11.1 Å². The summed E-state index contributed by atoms with van der Waals surface area (Å²) in [6.45, 7) is 5.73. The Morgan fingerprint density at radius 2 is 1.62 bits per heavy atom. The van der Waals surface area contributed by atoms with Crippen LogP contribution in [-0.2, 0) is 23.1 Å². The Labute approximate surface area is 155 Å². The summed E-state index contributed by atoms with van der Waals surface area (Å²) in [5, 5.41) is 3.28. The van der Waals surface area contributed by atoms with Crippen molar-refractivity contribution in [1.29, 1.82) is 0 Å². The molecule has 26 heavy (non-hydrogen) atoms. The van der Waals surface area contributed by atoms with Crippen LogP contribution in [0.25, 0.3) is 0 Å². The summed E-state index contributed by atoms with van der Waals surface area (Å²) in [6, 6.07) is 14.0. The van der Waals surface area contributed by atoms with Crippen LogP contribution in [0.5, 0.6) is 0 Å². The Balaban J connectivity index is 1.98. The van der Waals surface area contributed by atoms with Crippen LogP contribution in [0.1, 0.15) is 35.3 Å². The van der Waals surface area contributed by atoms with Gasteiger partial charge in [0.05, 0.1) is 4.90 Å².